The van der Waals surface area contributed by atoms with E-state index >= 15 is 0 Å². The number of aliphatic carboxylic acids is 1. The molecule has 26 heavy (non-hydrogen) atoms. The van der Waals surface area contributed by atoms with Gasteiger partial charge in [0.2, 0.25) is 0 Å². The van der Waals surface area contributed by atoms with Crippen molar-refractivity contribution in [2.24, 2.45) is 0 Å². The largest absolute Gasteiger partial charge is 0.507 e. The van der Waals surface area contributed by atoms with Crippen LogP contribution in [-0.2, 0) is 9.59 Å². The summed E-state index contributed by atoms with van der Waals surface area (Å²) in [6, 6.07) is 0. The monoisotopic (exact) mass is 360 g/mol. The van der Waals surface area contributed by atoms with Crippen molar-refractivity contribution >= 4 is 11.8 Å². The topological polar surface area (TPSA) is 74.6 Å². The number of carbonyl (C=O) groups excluding carboxylic acids is 1. The Morgan fingerprint density at radius 3 is 2.42 bits per heavy atom. The average Bonchev–Trinajstić information content (AvgIpc) is 2.53. The van der Waals surface area contributed by atoms with Crippen LogP contribution in [0.5, 0.6) is 0 Å². The van der Waals surface area contributed by atoms with Crippen LogP contribution in [0.1, 0.15) is 79.1 Å². The van der Waals surface area contributed by atoms with Crippen molar-refractivity contribution in [2.45, 2.75) is 79.1 Å². The highest BCUT2D eigenvalue weighted by molar-refractivity contribution is 6.05. The summed E-state index contributed by atoms with van der Waals surface area (Å²) in [5.41, 5.74) is 3.12. The molecule has 0 unspecified atom stereocenters. The van der Waals surface area contributed by atoms with Crippen LogP contribution in [0.15, 0.2) is 45.8 Å². The van der Waals surface area contributed by atoms with Crippen LogP contribution in [0.25, 0.3) is 0 Å². The van der Waals surface area contributed by atoms with Gasteiger partial charge in [0.15, 0.2) is 5.78 Å². The van der Waals surface area contributed by atoms with Gasteiger partial charge in [-0.3, -0.25) is 4.79 Å². The van der Waals surface area contributed by atoms with Gasteiger partial charge in [-0.15, -0.1) is 0 Å². The number of aliphatic hydroxyl groups excluding tert-OH is 1. The summed E-state index contributed by atoms with van der Waals surface area (Å²) in [6.45, 7) is 8.18. The molecule has 0 radical (unpaired) electrons. The molecule has 0 saturated heterocycles. The zero-order valence-corrected chi connectivity index (χ0v) is 16.5. The maximum Gasteiger partial charge on any atom is 0.339 e. The maximum absolute atomic E-state index is 12.4. The minimum absolute atomic E-state index is 0.0636. The second-order valence-corrected chi connectivity index (χ2v) is 7.24. The molecule has 0 aromatic heterocycles. The molecule has 0 aromatic carbocycles. The fourth-order valence-electron chi connectivity index (χ4n) is 3.07. The third kappa shape index (κ3) is 6.66. The Labute approximate surface area is 157 Å². The summed E-state index contributed by atoms with van der Waals surface area (Å²) in [4.78, 5) is 24.1. The van der Waals surface area contributed by atoms with Crippen LogP contribution >= 0.6 is 0 Å². The molecule has 1 aliphatic rings. The summed E-state index contributed by atoms with van der Waals surface area (Å²) in [5, 5.41) is 19.9. The number of hydrogen-bond acceptors (Lipinski definition) is 3. The lowest BCUT2D eigenvalue weighted by molar-refractivity contribution is -0.132. The molecule has 0 aromatic rings. The molecule has 0 amide bonds. The zero-order chi connectivity index (χ0) is 19.7. The smallest absolute Gasteiger partial charge is 0.339 e. The highest BCUT2D eigenvalue weighted by Crippen LogP contribution is 2.32. The van der Waals surface area contributed by atoms with Crippen LogP contribution in [-0.4, -0.2) is 22.0 Å². The van der Waals surface area contributed by atoms with Crippen LogP contribution < -0.4 is 0 Å². The lowest BCUT2D eigenvalue weighted by atomic mass is 9.85. The first-order valence-electron chi connectivity index (χ1n) is 9.47. The van der Waals surface area contributed by atoms with Crippen LogP contribution in [0.2, 0.25) is 0 Å². The van der Waals surface area contributed by atoms with E-state index in [-0.39, 0.29) is 35.5 Å². The highest BCUT2D eigenvalue weighted by Gasteiger charge is 2.30. The van der Waals surface area contributed by atoms with Gasteiger partial charge in [0, 0.05) is 12.0 Å². The van der Waals surface area contributed by atoms with Crippen LogP contribution in [0.4, 0.5) is 0 Å². The second kappa shape index (κ2) is 10.8. The third-order valence-electron chi connectivity index (χ3n) is 4.63. The number of Topliss-reactive ketones (excluding diaryl/α,β-unsaturated/α-hetero) is 1. The van der Waals surface area contributed by atoms with E-state index in [0.29, 0.717) is 12.0 Å². The Morgan fingerprint density at radius 2 is 1.85 bits per heavy atom. The Morgan fingerprint density at radius 1 is 1.15 bits per heavy atom. The normalized spacial score (nSPS) is 15.5. The predicted molar refractivity (Wildman–Crippen MR) is 105 cm³/mol. The number of unbranched alkanes of at least 4 members (excludes halogenated alkanes) is 2. The maximum atomic E-state index is 12.4. The molecule has 4 heteroatoms. The highest BCUT2D eigenvalue weighted by atomic mass is 16.4. The molecular weight excluding hydrogens is 328 g/mol. The van der Waals surface area contributed by atoms with Gasteiger partial charge < -0.3 is 10.2 Å². The minimum Gasteiger partial charge on any atom is -0.507 e. The summed E-state index contributed by atoms with van der Waals surface area (Å²) in [5.74, 6) is -1.65. The van der Waals surface area contributed by atoms with Crippen molar-refractivity contribution in [3.63, 3.8) is 0 Å². The Bertz CT molecular complexity index is 656. The Hall–Kier alpha value is -2.10. The minimum atomic E-state index is -1.15. The molecule has 0 bridgehead atoms. The molecule has 0 saturated carbocycles. The fraction of sp³-hybridized carbons (Fsp3) is 0.545. The van der Waals surface area contributed by atoms with Crippen LogP contribution in [0, 0.1) is 0 Å². The van der Waals surface area contributed by atoms with E-state index in [4.69, 9.17) is 0 Å². The van der Waals surface area contributed by atoms with E-state index in [9.17, 15) is 19.8 Å². The van der Waals surface area contributed by atoms with Crippen molar-refractivity contribution in [1.82, 2.24) is 0 Å². The number of allylic oxidation sites excluding steroid dienone is 6. The lowest BCUT2D eigenvalue weighted by Crippen LogP contribution is -2.20. The van der Waals surface area contributed by atoms with Gasteiger partial charge in [-0.1, -0.05) is 43.1 Å². The number of aliphatic hydroxyl groups is 1. The first-order valence-corrected chi connectivity index (χ1v) is 9.47. The van der Waals surface area contributed by atoms with E-state index in [1.165, 1.54) is 5.57 Å². The van der Waals surface area contributed by atoms with Crippen molar-refractivity contribution in [3.05, 3.63) is 45.8 Å². The predicted octanol–water partition coefficient (Wildman–Crippen LogP) is 5.82. The Balaban J connectivity index is 2.97. The van der Waals surface area contributed by atoms with E-state index in [0.717, 1.165) is 37.7 Å². The van der Waals surface area contributed by atoms with E-state index < -0.39 is 5.97 Å². The summed E-state index contributed by atoms with van der Waals surface area (Å²) in [6.07, 6.45) is 9.68. The molecule has 144 valence electrons. The fourth-order valence-corrected chi connectivity index (χ4v) is 3.07. The molecule has 1 rings (SSSR count). The number of carboxylic acid groups (broad SMARTS) is 1. The SMILES string of the molecule is CCCCCC1=C(C(=O)O)C(O)=C(C/C=C(\C)CCC=C(C)C)C(=O)C1. The number of carbonyl (C=O) groups is 2. The standard InChI is InChI=1S/C22H32O4/c1-5-6-7-11-17-14-19(23)18(21(24)20(17)22(25)26)13-12-16(4)10-8-9-15(2)3/h9,12,24H,5-8,10-11,13-14H2,1-4H3,(H,25,26)/b16-12+. The van der Waals surface area contributed by atoms with E-state index in [1.807, 2.05) is 13.0 Å². The first kappa shape index (κ1) is 21.9. The van der Waals surface area contributed by atoms with Gasteiger partial charge in [0.05, 0.1) is 0 Å². The molecule has 1 aliphatic carbocycles. The zero-order valence-electron chi connectivity index (χ0n) is 16.5. The number of rotatable bonds is 10. The molecular formula is C22H32O4. The molecule has 0 spiro atoms. The summed E-state index contributed by atoms with van der Waals surface area (Å²) in [7, 11) is 0. The summed E-state index contributed by atoms with van der Waals surface area (Å²) >= 11 is 0. The van der Waals surface area contributed by atoms with Gasteiger partial charge in [-0.25, -0.2) is 4.79 Å². The number of ketones is 1. The van der Waals surface area contributed by atoms with E-state index in [1.54, 1.807) is 0 Å². The van der Waals surface area contributed by atoms with Gasteiger partial charge >= 0.3 is 5.97 Å². The third-order valence-corrected chi connectivity index (χ3v) is 4.63. The van der Waals surface area contributed by atoms with Crippen molar-refractivity contribution < 1.29 is 19.8 Å². The molecule has 0 heterocycles. The Kier molecular flexibility index (Phi) is 9.11. The molecule has 0 aliphatic heterocycles. The first-order chi connectivity index (χ1) is 12.3. The average molecular weight is 360 g/mol. The van der Waals surface area contributed by atoms with E-state index in [2.05, 4.69) is 26.8 Å². The number of carboxylic acids is 1. The molecule has 0 fully saturated rings. The van der Waals surface area contributed by atoms with Gasteiger partial charge in [-0.2, -0.15) is 0 Å². The molecule has 4 nitrogen and oxygen atoms in total. The van der Waals surface area contributed by atoms with Crippen molar-refractivity contribution in [1.29, 1.82) is 0 Å². The quantitative estimate of drug-likeness (QED) is 0.380. The number of hydrogen-bond donors (Lipinski definition) is 2. The van der Waals surface area contributed by atoms with Crippen molar-refractivity contribution in [3.8, 4) is 0 Å². The molecule has 0 atom stereocenters. The van der Waals surface area contributed by atoms with Gasteiger partial charge in [-0.05, 0) is 58.4 Å². The lowest BCUT2D eigenvalue weighted by Gasteiger charge is -2.20. The summed E-state index contributed by atoms with van der Waals surface area (Å²) < 4.78 is 0. The molecule has 2 N–H and O–H groups in total. The van der Waals surface area contributed by atoms with Crippen LogP contribution in [0.3, 0.4) is 0 Å². The van der Waals surface area contributed by atoms with Gasteiger partial charge in [0.1, 0.15) is 11.3 Å². The second-order valence-electron chi connectivity index (χ2n) is 7.24. The van der Waals surface area contributed by atoms with Crippen molar-refractivity contribution in [2.75, 3.05) is 0 Å². The van der Waals surface area contributed by atoms with Gasteiger partial charge in [0.25, 0.3) is 0 Å².